The number of hydrogen-bond donors (Lipinski definition) is 1. The highest BCUT2D eigenvalue weighted by Crippen LogP contribution is 2.26. The van der Waals surface area contributed by atoms with Crippen LogP contribution in [-0.2, 0) is 0 Å². The predicted octanol–water partition coefficient (Wildman–Crippen LogP) is 3.90. The highest BCUT2D eigenvalue weighted by molar-refractivity contribution is 6.34. The van der Waals surface area contributed by atoms with Crippen LogP contribution in [0.1, 0.15) is 28.8 Å². The fourth-order valence-corrected chi connectivity index (χ4v) is 2.95. The summed E-state index contributed by atoms with van der Waals surface area (Å²) in [4.78, 5) is 19.1. The second-order valence-corrected chi connectivity index (χ2v) is 5.91. The van der Waals surface area contributed by atoms with E-state index in [4.69, 9.17) is 11.6 Å². The van der Waals surface area contributed by atoms with Gasteiger partial charge in [0.05, 0.1) is 16.3 Å². The molecule has 1 N–H and O–H groups in total. The minimum atomic E-state index is -0.180. The second kappa shape index (κ2) is 6.36. The molecular weight excluding hydrogens is 298 g/mol. The fraction of sp³-hybridized carbons (Fsp3) is 0.294. The van der Waals surface area contributed by atoms with Gasteiger partial charge in [0.15, 0.2) is 0 Å². The normalized spacial score (nSPS) is 14.2. The average Bonchev–Trinajstić information content (AvgIpc) is 3.04. The van der Waals surface area contributed by atoms with Crippen molar-refractivity contribution in [2.24, 2.45) is 0 Å². The Hall–Kier alpha value is -2.07. The molecule has 1 aromatic carbocycles. The smallest absolute Gasteiger partial charge is 0.259 e. The minimum absolute atomic E-state index is 0.180. The first-order valence-electron chi connectivity index (χ1n) is 7.42. The maximum atomic E-state index is 12.6. The first-order chi connectivity index (χ1) is 10.6. The lowest BCUT2D eigenvalue weighted by Gasteiger charge is -2.19. The maximum Gasteiger partial charge on any atom is 0.259 e. The number of pyridine rings is 1. The van der Waals surface area contributed by atoms with Crippen LogP contribution in [0.2, 0.25) is 5.02 Å². The van der Waals surface area contributed by atoms with Crippen LogP contribution in [0.3, 0.4) is 0 Å². The van der Waals surface area contributed by atoms with E-state index in [1.54, 1.807) is 18.3 Å². The molecule has 22 heavy (non-hydrogen) atoms. The summed E-state index contributed by atoms with van der Waals surface area (Å²) >= 11 is 6.19. The number of anilines is 2. The SMILES string of the molecule is Cc1ccc(NC(=O)c2cccnc2N2CCCC2)c(Cl)c1. The van der Waals surface area contributed by atoms with Crippen LogP contribution in [0, 0.1) is 6.92 Å². The van der Waals surface area contributed by atoms with Crippen molar-refractivity contribution in [3.05, 3.63) is 52.7 Å². The van der Waals surface area contributed by atoms with Gasteiger partial charge in [-0.15, -0.1) is 0 Å². The zero-order valence-electron chi connectivity index (χ0n) is 12.5. The van der Waals surface area contributed by atoms with E-state index in [9.17, 15) is 4.79 Å². The molecule has 2 aromatic rings. The minimum Gasteiger partial charge on any atom is -0.356 e. The van der Waals surface area contributed by atoms with Crippen molar-refractivity contribution < 1.29 is 4.79 Å². The van der Waals surface area contributed by atoms with Gasteiger partial charge in [0, 0.05) is 19.3 Å². The fourth-order valence-electron chi connectivity index (χ4n) is 2.67. The van der Waals surface area contributed by atoms with Crippen LogP contribution >= 0.6 is 11.6 Å². The molecule has 0 atom stereocenters. The first kappa shape index (κ1) is 14.9. The van der Waals surface area contributed by atoms with Gasteiger partial charge in [-0.05, 0) is 49.6 Å². The molecule has 0 spiro atoms. The Balaban J connectivity index is 1.86. The zero-order valence-corrected chi connectivity index (χ0v) is 13.2. The average molecular weight is 316 g/mol. The number of carbonyl (C=O) groups is 1. The number of benzene rings is 1. The van der Waals surface area contributed by atoms with Crippen molar-refractivity contribution in [1.82, 2.24) is 4.98 Å². The van der Waals surface area contributed by atoms with Crippen molar-refractivity contribution in [2.45, 2.75) is 19.8 Å². The van der Waals surface area contributed by atoms with Gasteiger partial charge in [-0.1, -0.05) is 17.7 Å². The van der Waals surface area contributed by atoms with Gasteiger partial charge in [-0.2, -0.15) is 0 Å². The number of halogens is 1. The Morgan fingerprint density at radius 3 is 2.77 bits per heavy atom. The van der Waals surface area contributed by atoms with Crippen LogP contribution in [0.4, 0.5) is 11.5 Å². The third kappa shape index (κ3) is 3.07. The molecule has 2 heterocycles. The Morgan fingerprint density at radius 1 is 1.27 bits per heavy atom. The van der Waals surface area contributed by atoms with E-state index in [-0.39, 0.29) is 5.91 Å². The lowest BCUT2D eigenvalue weighted by atomic mass is 10.2. The van der Waals surface area contributed by atoms with E-state index in [1.807, 2.05) is 25.1 Å². The van der Waals surface area contributed by atoms with E-state index in [2.05, 4.69) is 15.2 Å². The Morgan fingerprint density at radius 2 is 2.05 bits per heavy atom. The Bertz CT molecular complexity index is 696. The van der Waals surface area contributed by atoms with Crippen LogP contribution in [-0.4, -0.2) is 24.0 Å². The van der Waals surface area contributed by atoms with E-state index >= 15 is 0 Å². The monoisotopic (exact) mass is 315 g/mol. The van der Waals surface area contributed by atoms with Crippen molar-refractivity contribution in [1.29, 1.82) is 0 Å². The third-order valence-corrected chi connectivity index (χ3v) is 4.12. The van der Waals surface area contributed by atoms with E-state index in [0.717, 1.165) is 37.3 Å². The molecule has 0 radical (unpaired) electrons. The molecule has 1 aliphatic heterocycles. The van der Waals surface area contributed by atoms with E-state index < -0.39 is 0 Å². The molecule has 1 aliphatic rings. The first-order valence-corrected chi connectivity index (χ1v) is 7.80. The topological polar surface area (TPSA) is 45.2 Å². The third-order valence-electron chi connectivity index (χ3n) is 3.81. The summed E-state index contributed by atoms with van der Waals surface area (Å²) in [5.74, 6) is 0.571. The molecule has 1 fully saturated rings. The number of amides is 1. The zero-order chi connectivity index (χ0) is 15.5. The lowest BCUT2D eigenvalue weighted by Crippen LogP contribution is -2.24. The quantitative estimate of drug-likeness (QED) is 0.934. The number of nitrogens with one attached hydrogen (secondary N) is 1. The molecule has 0 saturated carbocycles. The second-order valence-electron chi connectivity index (χ2n) is 5.51. The van der Waals surface area contributed by atoms with Gasteiger partial charge in [0.25, 0.3) is 5.91 Å². The number of rotatable bonds is 3. The van der Waals surface area contributed by atoms with E-state index in [1.165, 1.54) is 0 Å². The highest BCUT2D eigenvalue weighted by Gasteiger charge is 2.20. The number of aryl methyl sites for hydroxylation is 1. The number of aromatic nitrogens is 1. The summed E-state index contributed by atoms with van der Waals surface area (Å²) in [6, 6.07) is 9.17. The number of nitrogens with zero attached hydrogens (tertiary/aromatic N) is 2. The number of hydrogen-bond acceptors (Lipinski definition) is 3. The lowest BCUT2D eigenvalue weighted by molar-refractivity contribution is 0.102. The van der Waals surface area contributed by atoms with Gasteiger partial charge in [0.2, 0.25) is 0 Å². The van der Waals surface area contributed by atoms with Gasteiger partial charge < -0.3 is 10.2 Å². The molecule has 1 amide bonds. The van der Waals surface area contributed by atoms with Gasteiger partial charge in [-0.25, -0.2) is 4.98 Å². The standard InChI is InChI=1S/C17H18ClN3O/c1-12-6-7-15(14(18)11-12)20-17(22)13-5-4-8-19-16(13)21-9-2-3-10-21/h4-8,11H,2-3,9-10H2,1H3,(H,20,22). The van der Waals surface area contributed by atoms with Crippen molar-refractivity contribution in [3.63, 3.8) is 0 Å². The summed E-state index contributed by atoms with van der Waals surface area (Å²) in [7, 11) is 0. The Labute approximate surface area is 135 Å². The summed E-state index contributed by atoms with van der Waals surface area (Å²) in [6.07, 6.45) is 4.01. The molecule has 1 saturated heterocycles. The van der Waals surface area contributed by atoms with Gasteiger partial charge in [0.1, 0.15) is 5.82 Å². The van der Waals surface area contributed by atoms with Gasteiger partial charge >= 0.3 is 0 Å². The van der Waals surface area contributed by atoms with Crippen LogP contribution < -0.4 is 10.2 Å². The summed E-state index contributed by atoms with van der Waals surface area (Å²) < 4.78 is 0. The van der Waals surface area contributed by atoms with E-state index in [0.29, 0.717) is 16.3 Å². The summed E-state index contributed by atoms with van der Waals surface area (Å²) in [5.41, 5.74) is 2.26. The maximum absolute atomic E-state index is 12.6. The molecule has 0 bridgehead atoms. The van der Waals surface area contributed by atoms with Crippen LogP contribution in [0.25, 0.3) is 0 Å². The molecular formula is C17H18ClN3O. The van der Waals surface area contributed by atoms with Crippen molar-refractivity contribution in [3.8, 4) is 0 Å². The molecule has 114 valence electrons. The molecule has 0 aliphatic carbocycles. The van der Waals surface area contributed by atoms with Crippen molar-refractivity contribution in [2.75, 3.05) is 23.3 Å². The molecule has 5 heteroatoms. The predicted molar refractivity (Wildman–Crippen MR) is 89.8 cm³/mol. The molecule has 4 nitrogen and oxygen atoms in total. The van der Waals surface area contributed by atoms with Crippen LogP contribution in [0.15, 0.2) is 36.5 Å². The molecule has 0 unspecified atom stereocenters. The largest absolute Gasteiger partial charge is 0.356 e. The molecule has 3 rings (SSSR count). The van der Waals surface area contributed by atoms with Gasteiger partial charge in [-0.3, -0.25) is 4.79 Å². The molecule has 1 aromatic heterocycles. The number of carbonyl (C=O) groups excluding carboxylic acids is 1. The summed E-state index contributed by atoms with van der Waals surface area (Å²) in [6.45, 7) is 3.86. The highest BCUT2D eigenvalue weighted by atomic mass is 35.5. The summed E-state index contributed by atoms with van der Waals surface area (Å²) in [5, 5.41) is 3.42. The van der Waals surface area contributed by atoms with Crippen LogP contribution in [0.5, 0.6) is 0 Å². The van der Waals surface area contributed by atoms with Crippen molar-refractivity contribution >= 4 is 29.0 Å². The Kier molecular flexibility index (Phi) is 4.29.